The van der Waals surface area contributed by atoms with Crippen molar-refractivity contribution in [1.29, 1.82) is 0 Å². The minimum atomic E-state index is -0.617. The molecule has 1 aromatic carbocycles. The number of ether oxygens (including phenoxy) is 2. The molecule has 6 heteroatoms. The topological polar surface area (TPSA) is 60.5 Å². The first kappa shape index (κ1) is 15.3. The molecule has 2 aromatic rings. The first-order valence-corrected chi connectivity index (χ1v) is 7.11. The number of rotatable bonds is 5. The number of carbonyl (C=O) groups is 1. The summed E-state index contributed by atoms with van der Waals surface area (Å²) in [5.41, 5.74) is 0.590. The summed E-state index contributed by atoms with van der Waals surface area (Å²) in [4.78, 5) is 16.1. The van der Waals surface area contributed by atoms with Crippen LogP contribution < -0.4 is 14.8 Å². The molecule has 1 amide bonds. The normalized spacial score (nSPS) is 11.6. The first-order chi connectivity index (χ1) is 10.1. The van der Waals surface area contributed by atoms with E-state index in [0.29, 0.717) is 17.3 Å². The highest BCUT2D eigenvalue weighted by atomic mass is 79.9. The van der Waals surface area contributed by atoms with Crippen LogP contribution >= 0.6 is 15.9 Å². The van der Waals surface area contributed by atoms with Crippen LogP contribution in [-0.2, 0) is 4.79 Å². The van der Waals surface area contributed by atoms with Crippen molar-refractivity contribution in [2.24, 2.45) is 0 Å². The Morgan fingerprint density at radius 2 is 1.95 bits per heavy atom. The smallest absolute Gasteiger partial charge is 0.265 e. The third-order valence-corrected chi connectivity index (χ3v) is 3.24. The lowest BCUT2D eigenvalue weighted by atomic mass is 10.3. The second-order valence-corrected chi connectivity index (χ2v) is 5.21. The van der Waals surface area contributed by atoms with E-state index in [-0.39, 0.29) is 5.91 Å². The molecule has 0 fully saturated rings. The molecule has 0 aliphatic heterocycles. The quantitative estimate of drug-likeness (QED) is 0.898. The van der Waals surface area contributed by atoms with Gasteiger partial charge in [0.05, 0.1) is 19.0 Å². The highest BCUT2D eigenvalue weighted by Gasteiger charge is 2.15. The average molecular weight is 351 g/mol. The highest BCUT2D eigenvalue weighted by molar-refractivity contribution is 9.10. The summed E-state index contributed by atoms with van der Waals surface area (Å²) in [6.07, 6.45) is 0.913. The van der Waals surface area contributed by atoms with Gasteiger partial charge in [-0.2, -0.15) is 0 Å². The lowest BCUT2D eigenvalue weighted by molar-refractivity contribution is -0.122. The van der Waals surface area contributed by atoms with Gasteiger partial charge in [-0.05, 0) is 37.3 Å². The molecule has 0 saturated carbocycles. The van der Waals surface area contributed by atoms with Crippen molar-refractivity contribution in [3.63, 3.8) is 0 Å². The zero-order valence-electron chi connectivity index (χ0n) is 11.7. The summed E-state index contributed by atoms with van der Waals surface area (Å²) in [5, 5.41) is 2.73. The number of pyridine rings is 1. The molecule has 0 bridgehead atoms. The summed E-state index contributed by atoms with van der Waals surface area (Å²) in [7, 11) is 1.54. The fraction of sp³-hybridized carbons (Fsp3) is 0.200. The molecule has 1 N–H and O–H groups in total. The number of aromatic nitrogens is 1. The van der Waals surface area contributed by atoms with Gasteiger partial charge in [0, 0.05) is 10.5 Å². The van der Waals surface area contributed by atoms with Crippen molar-refractivity contribution >= 4 is 27.5 Å². The van der Waals surface area contributed by atoms with Crippen molar-refractivity contribution in [2.45, 2.75) is 13.0 Å². The Balaban J connectivity index is 1.93. The fourth-order valence-electron chi connectivity index (χ4n) is 1.59. The summed E-state index contributed by atoms with van der Waals surface area (Å²) >= 11 is 3.34. The molecular weight excluding hydrogens is 336 g/mol. The SMILES string of the molecule is COc1ccc(NC(=O)C(C)Oc2ccc(Br)cc2)cn1. The molecule has 0 spiro atoms. The van der Waals surface area contributed by atoms with E-state index >= 15 is 0 Å². The van der Waals surface area contributed by atoms with E-state index in [0.717, 1.165) is 4.47 Å². The van der Waals surface area contributed by atoms with E-state index < -0.39 is 6.10 Å². The van der Waals surface area contributed by atoms with E-state index in [9.17, 15) is 4.79 Å². The van der Waals surface area contributed by atoms with Crippen molar-refractivity contribution in [3.05, 3.63) is 47.1 Å². The maximum atomic E-state index is 12.0. The zero-order chi connectivity index (χ0) is 15.2. The Morgan fingerprint density at radius 1 is 1.24 bits per heavy atom. The van der Waals surface area contributed by atoms with Gasteiger partial charge in [-0.15, -0.1) is 0 Å². The Kier molecular flexibility index (Phi) is 5.16. The Hall–Kier alpha value is -2.08. The van der Waals surface area contributed by atoms with Crippen LogP contribution in [0.25, 0.3) is 0 Å². The summed E-state index contributed by atoms with van der Waals surface area (Å²) < 4.78 is 11.5. The Morgan fingerprint density at radius 3 is 2.52 bits per heavy atom. The monoisotopic (exact) mass is 350 g/mol. The molecule has 0 radical (unpaired) electrons. The molecule has 5 nitrogen and oxygen atoms in total. The molecule has 1 atom stereocenters. The van der Waals surface area contributed by atoms with Gasteiger partial charge in [0.15, 0.2) is 6.10 Å². The summed E-state index contributed by atoms with van der Waals surface area (Å²) in [6, 6.07) is 10.7. The average Bonchev–Trinajstić information content (AvgIpc) is 2.50. The van der Waals surface area contributed by atoms with Crippen LogP contribution in [-0.4, -0.2) is 24.1 Å². The number of halogens is 1. The van der Waals surface area contributed by atoms with E-state index in [1.54, 1.807) is 31.2 Å². The predicted octanol–water partition coefficient (Wildman–Crippen LogP) is 3.26. The standard InChI is InChI=1S/C15H15BrN2O3/c1-10(21-13-6-3-11(16)4-7-13)15(19)18-12-5-8-14(20-2)17-9-12/h3-10H,1-2H3,(H,18,19). The summed E-state index contributed by atoms with van der Waals surface area (Å²) in [5.74, 6) is 0.880. The maximum absolute atomic E-state index is 12.0. The van der Waals surface area contributed by atoms with Gasteiger partial charge in [-0.3, -0.25) is 4.79 Å². The molecule has 110 valence electrons. The molecule has 0 aliphatic carbocycles. The number of carbonyl (C=O) groups excluding carboxylic acids is 1. The van der Waals surface area contributed by atoms with Gasteiger partial charge in [0.25, 0.3) is 5.91 Å². The molecule has 0 aliphatic rings. The molecule has 1 heterocycles. The van der Waals surface area contributed by atoms with Crippen LogP contribution in [0.4, 0.5) is 5.69 Å². The number of hydrogen-bond donors (Lipinski definition) is 1. The van der Waals surface area contributed by atoms with Crippen LogP contribution in [0.15, 0.2) is 47.1 Å². The van der Waals surface area contributed by atoms with Crippen LogP contribution in [0.3, 0.4) is 0 Å². The molecule has 2 rings (SSSR count). The van der Waals surface area contributed by atoms with Crippen molar-refractivity contribution in [1.82, 2.24) is 4.98 Å². The lowest BCUT2D eigenvalue weighted by Crippen LogP contribution is -2.30. The minimum absolute atomic E-state index is 0.245. The van der Waals surface area contributed by atoms with Crippen LogP contribution in [0.1, 0.15) is 6.92 Å². The van der Waals surface area contributed by atoms with E-state index in [1.165, 1.54) is 13.3 Å². The molecular formula is C15H15BrN2O3. The van der Waals surface area contributed by atoms with Crippen LogP contribution in [0, 0.1) is 0 Å². The van der Waals surface area contributed by atoms with Crippen LogP contribution in [0.2, 0.25) is 0 Å². The number of methoxy groups -OCH3 is 1. The maximum Gasteiger partial charge on any atom is 0.265 e. The largest absolute Gasteiger partial charge is 0.481 e. The molecule has 21 heavy (non-hydrogen) atoms. The van der Waals surface area contributed by atoms with Gasteiger partial charge < -0.3 is 14.8 Å². The van der Waals surface area contributed by atoms with Crippen molar-refractivity contribution in [2.75, 3.05) is 12.4 Å². The number of nitrogens with one attached hydrogen (secondary N) is 1. The van der Waals surface area contributed by atoms with Gasteiger partial charge in [0.2, 0.25) is 5.88 Å². The molecule has 1 unspecified atom stereocenters. The number of anilines is 1. The van der Waals surface area contributed by atoms with E-state index in [2.05, 4.69) is 26.2 Å². The van der Waals surface area contributed by atoms with Gasteiger partial charge in [-0.1, -0.05) is 15.9 Å². The summed E-state index contributed by atoms with van der Waals surface area (Å²) in [6.45, 7) is 1.69. The minimum Gasteiger partial charge on any atom is -0.481 e. The van der Waals surface area contributed by atoms with Gasteiger partial charge in [0.1, 0.15) is 5.75 Å². The lowest BCUT2D eigenvalue weighted by Gasteiger charge is -2.14. The van der Waals surface area contributed by atoms with Crippen molar-refractivity contribution in [3.8, 4) is 11.6 Å². The second-order valence-electron chi connectivity index (χ2n) is 4.29. The Bertz CT molecular complexity index is 599. The van der Waals surface area contributed by atoms with Crippen LogP contribution in [0.5, 0.6) is 11.6 Å². The number of benzene rings is 1. The van der Waals surface area contributed by atoms with Gasteiger partial charge in [-0.25, -0.2) is 4.98 Å². The number of hydrogen-bond acceptors (Lipinski definition) is 4. The van der Waals surface area contributed by atoms with Crippen molar-refractivity contribution < 1.29 is 14.3 Å². The molecule has 0 saturated heterocycles. The highest BCUT2D eigenvalue weighted by Crippen LogP contribution is 2.18. The number of nitrogens with zero attached hydrogens (tertiary/aromatic N) is 1. The second kappa shape index (κ2) is 7.08. The third-order valence-electron chi connectivity index (χ3n) is 2.71. The zero-order valence-corrected chi connectivity index (χ0v) is 13.3. The third kappa shape index (κ3) is 4.46. The first-order valence-electron chi connectivity index (χ1n) is 6.31. The van der Waals surface area contributed by atoms with E-state index in [4.69, 9.17) is 9.47 Å². The molecule has 1 aromatic heterocycles. The Labute approximate surface area is 131 Å². The fourth-order valence-corrected chi connectivity index (χ4v) is 1.85. The number of amides is 1. The van der Waals surface area contributed by atoms with Gasteiger partial charge >= 0.3 is 0 Å². The predicted molar refractivity (Wildman–Crippen MR) is 83.7 cm³/mol. The van der Waals surface area contributed by atoms with E-state index in [1.807, 2.05) is 12.1 Å².